The van der Waals surface area contributed by atoms with Gasteiger partial charge in [0.05, 0.1) is 12.2 Å². The molecule has 0 aromatic heterocycles. The number of rotatable bonds is 5. The Kier molecular flexibility index (Phi) is 7.10. The second-order valence-electron chi connectivity index (χ2n) is 8.52. The second-order valence-corrected chi connectivity index (χ2v) is 8.52. The molecule has 26 heavy (non-hydrogen) atoms. The maximum absolute atomic E-state index is 10.9. The molecule has 4 nitrogen and oxygen atoms in total. The summed E-state index contributed by atoms with van der Waals surface area (Å²) in [6.45, 7) is 10.5. The van der Waals surface area contributed by atoms with Crippen LogP contribution in [-0.2, 0) is 4.74 Å². The molecule has 4 heteroatoms. The van der Waals surface area contributed by atoms with Gasteiger partial charge < -0.3 is 14.7 Å². The van der Waals surface area contributed by atoms with Crippen molar-refractivity contribution in [1.82, 2.24) is 9.80 Å². The van der Waals surface area contributed by atoms with Gasteiger partial charge in [-0.25, -0.2) is 0 Å². The molecule has 1 atom stereocenters. The number of ether oxygens (including phenoxy) is 1. The van der Waals surface area contributed by atoms with Gasteiger partial charge in [-0.1, -0.05) is 44.2 Å². The summed E-state index contributed by atoms with van der Waals surface area (Å²) in [5.41, 5.74) is 0.959. The van der Waals surface area contributed by atoms with Gasteiger partial charge >= 0.3 is 0 Å². The highest BCUT2D eigenvalue weighted by Crippen LogP contribution is 2.41. The van der Waals surface area contributed by atoms with Crippen LogP contribution >= 0.6 is 0 Å². The molecule has 1 spiro atoms. The molecule has 2 aliphatic rings. The van der Waals surface area contributed by atoms with E-state index < -0.39 is 6.23 Å². The molecule has 1 heterocycles. The fraction of sp³-hybridized carbons (Fsp3) is 0.727. The van der Waals surface area contributed by atoms with Gasteiger partial charge in [-0.05, 0) is 56.7 Å². The molecule has 1 aliphatic carbocycles. The molecule has 1 N–H and O–H groups in total. The van der Waals surface area contributed by atoms with Crippen molar-refractivity contribution in [3.05, 3.63) is 35.9 Å². The zero-order valence-electron chi connectivity index (χ0n) is 16.6. The molecule has 1 aromatic carbocycles. The molecule has 0 radical (unpaired) electrons. The van der Waals surface area contributed by atoms with Crippen molar-refractivity contribution < 1.29 is 9.84 Å². The molecule has 0 amide bonds. The summed E-state index contributed by atoms with van der Waals surface area (Å²) >= 11 is 0. The van der Waals surface area contributed by atoms with E-state index in [2.05, 4.69) is 23.6 Å². The third-order valence-electron chi connectivity index (χ3n) is 5.75. The minimum absolute atomic E-state index is 0.0240. The average molecular weight is 361 g/mol. The van der Waals surface area contributed by atoms with Crippen molar-refractivity contribution in [2.24, 2.45) is 5.92 Å². The van der Waals surface area contributed by atoms with Gasteiger partial charge in [0, 0.05) is 19.6 Å². The van der Waals surface area contributed by atoms with Crippen LogP contribution in [0.3, 0.4) is 0 Å². The zero-order valence-corrected chi connectivity index (χ0v) is 16.6. The van der Waals surface area contributed by atoms with E-state index in [0.717, 1.165) is 63.5 Å². The lowest BCUT2D eigenvalue weighted by Gasteiger charge is -2.31. The highest BCUT2D eigenvalue weighted by atomic mass is 16.5. The Bertz CT molecular complexity index is 530. The van der Waals surface area contributed by atoms with Gasteiger partial charge in [0.2, 0.25) is 0 Å². The van der Waals surface area contributed by atoms with Crippen LogP contribution in [0.5, 0.6) is 0 Å². The Balaban J connectivity index is 1.62. The van der Waals surface area contributed by atoms with E-state index >= 15 is 0 Å². The van der Waals surface area contributed by atoms with Crippen LogP contribution in [0.25, 0.3) is 0 Å². The van der Waals surface area contributed by atoms with Crippen LogP contribution < -0.4 is 0 Å². The summed E-state index contributed by atoms with van der Waals surface area (Å²) in [4.78, 5) is 4.80. The van der Waals surface area contributed by atoms with Crippen molar-refractivity contribution in [3.8, 4) is 0 Å². The number of hydrogen-bond acceptors (Lipinski definition) is 4. The molecule has 146 valence electrons. The number of aliphatic hydroxyl groups excluding tert-OH is 1. The Morgan fingerprint density at radius 2 is 1.81 bits per heavy atom. The van der Waals surface area contributed by atoms with Crippen LogP contribution in [0.4, 0.5) is 0 Å². The first-order valence-corrected chi connectivity index (χ1v) is 10.4. The summed E-state index contributed by atoms with van der Waals surface area (Å²) in [5, 5.41) is 10.9. The molecular weight excluding hydrogens is 324 g/mol. The van der Waals surface area contributed by atoms with Crippen molar-refractivity contribution in [2.75, 3.05) is 39.3 Å². The van der Waals surface area contributed by atoms with E-state index in [1.807, 2.05) is 30.3 Å². The Morgan fingerprint density at radius 1 is 1.08 bits per heavy atom. The first kappa shape index (κ1) is 19.8. The lowest BCUT2D eigenvalue weighted by Crippen LogP contribution is -2.39. The molecule has 1 saturated heterocycles. The van der Waals surface area contributed by atoms with E-state index in [9.17, 15) is 5.11 Å². The maximum atomic E-state index is 10.9. The first-order valence-electron chi connectivity index (χ1n) is 10.4. The van der Waals surface area contributed by atoms with Crippen LogP contribution in [-0.4, -0.2) is 59.8 Å². The van der Waals surface area contributed by atoms with Crippen molar-refractivity contribution in [2.45, 2.75) is 57.8 Å². The monoisotopic (exact) mass is 360 g/mol. The molecule has 1 unspecified atom stereocenters. The SMILES string of the molecule is CC(C)CCN1CCCCN(C(O)c2ccccc2)CC2(CC2)OCC1. The first-order chi connectivity index (χ1) is 12.6. The van der Waals surface area contributed by atoms with Gasteiger partial charge in [-0.15, -0.1) is 0 Å². The van der Waals surface area contributed by atoms with Gasteiger partial charge in [0.25, 0.3) is 0 Å². The van der Waals surface area contributed by atoms with E-state index in [0.29, 0.717) is 0 Å². The van der Waals surface area contributed by atoms with Gasteiger partial charge in [0.1, 0.15) is 6.23 Å². The van der Waals surface area contributed by atoms with Gasteiger partial charge in [-0.3, -0.25) is 4.90 Å². The number of hydrogen-bond donors (Lipinski definition) is 1. The quantitative estimate of drug-likeness (QED) is 0.869. The lowest BCUT2D eigenvalue weighted by atomic mass is 10.1. The fourth-order valence-corrected chi connectivity index (χ4v) is 3.80. The largest absolute Gasteiger partial charge is 0.374 e. The highest BCUT2D eigenvalue weighted by Gasteiger charge is 2.46. The number of benzene rings is 1. The van der Waals surface area contributed by atoms with Crippen molar-refractivity contribution >= 4 is 0 Å². The molecule has 1 saturated carbocycles. The van der Waals surface area contributed by atoms with Crippen LogP contribution in [0.2, 0.25) is 0 Å². The summed E-state index contributed by atoms with van der Waals surface area (Å²) in [6, 6.07) is 10.0. The summed E-state index contributed by atoms with van der Waals surface area (Å²) in [6.07, 6.45) is 5.27. The molecule has 0 bridgehead atoms. The molecular formula is C22H36N2O2. The average Bonchev–Trinajstić information content (AvgIpc) is 3.41. The standard InChI is InChI=1S/C22H36N2O2/c1-19(2)10-15-23-13-6-7-14-24(18-22(11-12-22)26-17-16-23)21(25)20-8-4-3-5-9-20/h3-5,8-9,19,21,25H,6-7,10-18H2,1-2H3. The summed E-state index contributed by atoms with van der Waals surface area (Å²) in [5.74, 6) is 0.750. The van der Waals surface area contributed by atoms with E-state index in [1.165, 1.54) is 19.4 Å². The van der Waals surface area contributed by atoms with E-state index in [-0.39, 0.29) is 5.60 Å². The Labute approximate surface area is 159 Å². The summed E-state index contributed by atoms with van der Waals surface area (Å²) in [7, 11) is 0. The Hall–Kier alpha value is -0.940. The maximum Gasteiger partial charge on any atom is 0.133 e. The third kappa shape index (κ3) is 5.78. The fourth-order valence-electron chi connectivity index (χ4n) is 3.80. The Morgan fingerprint density at radius 3 is 2.50 bits per heavy atom. The second kappa shape index (κ2) is 9.32. The topological polar surface area (TPSA) is 35.9 Å². The van der Waals surface area contributed by atoms with E-state index in [1.54, 1.807) is 0 Å². The lowest BCUT2D eigenvalue weighted by molar-refractivity contribution is -0.0563. The highest BCUT2D eigenvalue weighted by molar-refractivity contribution is 5.17. The van der Waals surface area contributed by atoms with Crippen LogP contribution in [0.15, 0.2) is 30.3 Å². The number of aliphatic hydroxyl groups is 1. The predicted molar refractivity (Wildman–Crippen MR) is 106 cm³/mol. The molecule has 3 rings (SSSR count). The number of nitrogens with zero attached hydrogens (tertiary/aromatic N) is 2. The predicted octanol–water partition coefficient (Wildman–Crippen LogP) is 3.67. The third-order valence-corrected chi connectivity index (χ3v) is 5.75. The van der Waals surface area contributed by atoms with Crippen LogP contribution in [0, 0.1) is 5.92 Å². The molecule has 2 fully saturated rings. The normalized spacial score (nSPS) is 23.7. The zero-order chi connectivity index (χ0) is 18.4. The summed E-state index contributed by atoms with van der Waals surface area (Å²) < 4.78 is 6.33. The minimum atomic E-state index is -0.532. The van der Waals surface area contributed by atoms with Crippen LogP contribution in [0.1, 0.15) is 57.7 Å². The van der Waals surface area contributed by atoms with Gasteiger partial charge in [-0.2, -0.15) is 0 Å². The smallest absolute Gasteiger partial charge is 0.133 e. The van der Waals surface area contributed by atoms with Crippen molar-refractivity contribution in [1.29, 1.82) is 0 Å². The molecule has 1 aromatic rings. The van der Waals surface area contributed by atoms with Crippen molar-refractivity contribution in [3.63, 3.8) is 0 Å². The minimum Gasteiger partial charge on any atom is -0.374 e. The van der Waals surface area contributed by atoms with E-state index in [4.69, 9.17) is 4.74 Å². The molecule has 1 aliphatic heterocycles. The van der Waals surface area contributed by atoms with Gasteiger partial charge in [0.15, 0.2) is 0 Å².